The van der Waals surface area contributed by atoms with E-state index in [1.54, 1.807) is 24.3 Å². The number of nitrogens with one attached hydrogen (secondary N) is 1. The lowest BCUT2D eigenvalue weighted by Gasteiger charge is -2.17. The molecule has 1 aromatic carbocycles. The molecule has 0 atom stereocenters. The van der Waals surface area contributed by atoms with Crippen LogP contribution in [-0.2, 0) is 11.2 Å². The van der Waals surface area contributed by atoms with Crippen molar-refractivity contribution in [3.63, 3.8) is 0 Å². The van der Waals surface area contributed by atoms with Gasteiger partial charge in [0.15, 0.2) is 0 Å². The van der Waals surface area contributed by atoms with E-state index in [4.69, 9.17) is 5.84 Å². The summed E-state index contributed by atoms with van der Waals surface area (Å²) in [5.41, 5.74) is 2.08. The summed E-state index contributed by atoms with van der Waals surface area (Å²) in [7, 11) is 0. The monoisotopic (exact) mass is 443 g/mol. The molecule has 0 saturated heterocycles. The third-order valence-electron chi connectivity index (χ3n) is 4.83. The van der Waals surface area contributed by atoms with Gasteiger partial charge in [-0.3, -0.25) is 9.78 Å². The van der Waals surface area contributed by atoms with E-state index in [9.17, 15) is 22.8 Å². The average Bonchev–Trinajstić information content (AvgIpc) is 3.14. The fraction of sp³-hybridized carbons (Fsp3) is 0.143. The van der Waals surface area contributed by atoms with Gasteiger partial charge in [-0.25, -0.2) is 4.79 Å². The molecule has 0 unspecified atom stereocenters. The van der Waals surface area contributed by atoms with Crippen LogP contribution in [0.15, 0.2) is 59.8 Å². The van der Waals surface area contributed by atoms with Crippen LogP contribution in [0.3, 0.4) is 0 Å². The highest BCUT2D eigenvalue weighted by Gasteiger charge is 2.43. The number of rotatable bonds is 4. The van der Waals surface area contributed by atoms with Gasteiger partial charge in [-0.2, -0.15) is 23.0 Å². The lowest BCUT2D eigenvalue weighted by molar-refractivity contribution is -0.199. The van der Waals surface area contributed by atoms with Crippen molar-refractivity contribution >= 4 is 17.6 Å². The molecule has 3 heterocycles. The van der Waals surface area contributed by atoms with Crippen LogP contribution >= 0.6 is 0 Å². The number of halogens is 3. The van der Waals surface area contributed by atoms with Gasteiger partial charge in [-0.15, -0.1) is 0 Å². The summed E-state index contributed by atoms with van der Waals surface area (Å²) in [5.74, 6) is 2.69. The molecule has 3 N–H and O–H groups in total. The van der Waals surface area contributed by atoms with Crippen LogP contribution in [0.2, 0.25) is 0 Å². The van der Waals surface area contributed by atoms with Crippen LogP contribution in [-0.4, -0.2) is 40.0 Å². The largest absolute Gasteiger partial charge is 0.493 e. The molecule has 4 rings (SSSR count). The predicted octanol–water partition coefficient (Wildman–Crippen LogP) is 2.06. The second kappa shape index (κ2) is 8.17. The number of benzene rings is 1. The maximum atomic E-state index is 12.9. The lowest BCUT2D eigenvalue weighted by atomic mass is 10.0. The quantitative estimate of drug-likeness (QED) is 0.364. The smallest absolute Gasteiger partial charge is 0.352 e. The zero-order valence-corrected chi connectivity index (χ0v) is 16.4. The second-order valence-corrected chi connectivity index (χ2v) is 6.84. The zero-order valence-electron chi connectivity index (χ0n) is 16.4. The number of aromatic nitrogens is 2. The molecule has 0 radical (unpaired) electrons. The molecule has 0 spiro atoms. The van der Waals surface area contributed by atoms with E-state index in [2.05, 4.69) is 20.2 Å². The van der Waals surface area contributed by atoms with Crippen molar-refractivity contribution in [2.45, 2.75) is 12.6 Å². The summed E-state index contributed by atoms with van der Waals surface area (Å²) in [6.45, 7) is 0.193. The summed E-state index contributed by atoms with van der Waals surface area (Å²) in [6.07, 6.45) is -3.61. The van der Waals surface area contributed by atoms with E-state index in [1.807, 2.05) is 6.07 Å². The van der Waals surface area contributed by atoms with Gasteiger partial charge in [-0.05, 0) is 18.2 Å². The van der Waals surface area contributed by atoms with E-state index in [-0.39, 0.29) is 29.9 Å². The average molecular weight is 443 g/mol. The van der Waals surface area contributed by atoms with Crippen molar-refractivity contribution in [1.82, 2.24) is 15.0 Å². The summed E-state index contributed by atoms with van der Waals surface area (Å²) < 4.78 is 39.4. The van der Waals surface area contributed by atoms with Gasteiger partial charge >= 0.3 is 12.1 Å². The van der Waals surface area contributed by atoms with Crippen LogP contribution in [0, 0.1) is 0 Å². The maximum Gasteiger partial charge on any atom is 0.493 e. The Labute approximate surface area is 179 Å². The number of nitrogens with zero attached hydrogens (tertiary/aromatic N) is 3. The van der Waals surface area contributed by atoms with Crippen LogP contribution in [0.4, 0.5) is 13.2 Å². The van der Waals surface area contributed by atoms with E-state index in [0.717, 1.165) is 4.73 Å². The van der Waals surface area contributed by atoms with E-state index in [0.29, 0.717) is 22.5 Å². The number of amides is 1. The first kappa shape index (κ1) is 21.1. The molecule has 11 heteroatoms. The van der Waals surface area contributed by atoms with Crippen LogP contribution in [0.1, 0.15) is 27.3 Å². The number of carbonyl (C=O) groups is 2. The zero-order chi connectivity index (χ0) is 22.9. The predicted molar refractivity (Wildman–Crippen MR) is 108 cm³/mol. The number of nitrogens with two attached hydrogens (primary N) is 1. The molecule has 0 fully saturated rings. The van der Waals surface area contributed by atoms with Crippen molar-refractivity contribution in [2.24, 2.45) is 10.9 Å². The second-order valence-electron chi connectivity index (χ2n) is 6.84. The van der Waals surface area contributed by atoms with Gasteiger partial charge < -0.3 is 16.0 Å². The molecule has 164 valence electrons. The van der Waals surface area contributed by atoms with E-state index in [1.165, 1.54) is 24.4 Å². The standard InChI is InChI=1S/C21H16F3N5O3/c22-21(23,24)20(31)32-29-16-7-9-27-19(30)14(16)11-17(29)13-6-8-26-15(10-13)18(28-25)12-4-2-1-3-5-12/h1-6,8,10-11H,7,9,25H2,(H,27,30)/b28-18+. The molecule has 2 aromatic heterocycles. The topological polar surface area (TPSA) is 112 Å². The molecule has 1 amide bonds. The van der Waals surface area contributed by atoms with Crippen LogP contribution in [0.5, 0.6) is 0 Å². The third kappa shape index (κ3) is 3.92. The van der Waals surface area contributed by atoms with Crippen LogP contribution in [0.25, 0.3) is 11.3 Å². The van der Waals surface area contributed by atoms with Crippen molar-refractivity contribution in [1.29, 1.82) is 0 Å². The minimum Gasteiger partial charge on any atom is -0.352 e. The Kier molecular flexibility index (Phi) is 5.39. The maximum absolute atomic E-state index is 12.9. The summed E-state index contributed by atoms with van der Waals surface area (Å²) in [4.78, 5) is 32.7. The Bertz CT molecular complexity index is 1220. The molecule has 8 nitrogen and oxygen atoms in total. The SMILES string of the molecule is N/N=C(\c1ccccc1)c1cc(-c2cc3c(n2OC(=O)C(F)(F)F)CCNC3=O)ccn1. The molecule has 0 aliphatic carbocycles. The highest BCUT2D eigenvalue weighted by molar-refractivity contribution is 6.12. The molecular weight excluding hydrogens is 427 g/mol. The first-order chi connectivity index (χ1) is 15.3. The van der Waals surface area contributed by atoms with Crippen molar-refractivity contribution in [2.75, 3.05) is 6.54 Å². The number of fused-ring (bicyclic) bond motifs is 1. The number of hydrazone groups is 1. The number of carbonyl (C=O) groups excluding carboxylic acids is 2. The molecule has 0 saturated carbocycles. The fourth-order valence-corrected chi connectivity index (χ4v) is 3.40. The first-order valence-corrected chi connectivity index (χ1v) is 9.42. The summed E-state index contributed by atoms with van der Waals surface area (Å²) in [5, 5.41) is 6.40. The summed E-state index contributed by atoms with van der Waals surface area (Å²) >= 11 is 0. The van der Waals surface area contributed by atoms with Gasteiger partial charge in [0, 0.05) is 30.3 Å². The number of hydrogen-bond acceptors (Lipinski definition) is 6. The van der Waals surface area contributed by atoms with Crippen LogP contribution < -0.4 is 16.0 Å². The normalized spacial score (nSPS) is 14.0. The molecule has 0 bridgehead atoms. The Balaban J connectivity index is 1.83. The Morgan fingerprint density at radius 2 is 1.94 bits per heavy atom. The highest BCUT2D eigenvalue weighted by Crippen LogP contribution is 2.29. The fourth-order valence-electron chi connectivity index (χ4n) is 3.40. The highest BCUT2D eigenvalue weighted by atomic mass is 19.4. The van der Waals surface area contributed by atoms with Crippen molar-refractivity contribution in [3.05, 3.63) is 77.2 Å². The van der Waals surface area contributed by atoms with E-state index >= 15 is 0 Å². The minimum atomic E-state index is -5.21. The Hall–Kier alpha value is -4.15. The molecule has 1 aliphatic rings. The van der Waals surface area contributed by atoms with Gasteiger partial charge in [-0.1, -0.05) is 30.3 Å². The first-order valence-electron chi connectivity index (χ1n) is 9.42. The molecule has 3 aromatic rings. The number of alkyl halides is 3. The summed E-state index contributed by atoms with van der Waals surface area (Å²) in [6, 6.07) is 13.4. The van der Waals surface area contributed by atoms with Gasteiger partial charge in [0.05, 0.1) is 22.6 Å². The van der Waals surface area contributed by atoms with Gasteiger partial charge in [0.2, 0.25) is 0 Å². The van der Waals surface area contributed by atoms with Gasteiger partial charge in [0.25, 0.3) is 5.91 Å². The molecular formula is C21H16F3N5O3. The minimum absolute atomic E-state index is 0.0812. The van der Waals surface area contributed by atoms with Gasteiger partial charge in [0.1, 0.15) is 5.71 Å². The Morgan fingerprint density at radius 1 is 1.19 bits per heavy atom. The van der Waals surface area contributed by atoms with Crippen molar-refractivity contribution in [3.8, 4) is 11.3 Å². The van der Waals surface area contributed by atoms with Crippen molar-refractivity contribution < 1.29 is 27.6 Å². The molecule has 32 heavy (non-hydrogen) atoms. The third-order valence-corrected chi connectivity index (χ3v) is 4.83. The number of hydrogen-bond donors (Lipinski definition) is 2. The Morgan fingerprint density at radius 3 is 2.62 bits per heavy atom. The number of pyridine rings is 1. The van der Waals surface area contributed by atoms with E-state index < -0.39 is 18.1 Å². The molecule has 1 aliphatic heterocycles. The lowest BCUT2D eigenvalue weighted by Crippen LogP contribution is -2.37.